The van der Waals surface area contributed by atoms with Crippen LogP contribution in [0.4, 0.5) is 5.69 Å². The highest BCUT2D eigenvalue weighted by molar-refractivity contribution is 9.10. The first-order valence-corrected chi connectivity index (χ1v) is 10.7. The molecule has 8 nitrogen and oxygen atoms in total. The number of nitrogens with one attached hydrogen (secondary N) is 2. The summed E-state index contributed by atoms with van der Waals surface area (Å²) < 4.78 is 11.0. The molecule has 0 aliphatic rings. The highest BCUT2D eigenvalue weighted by Gasteiger charge is 2.21. The minimum atomic E-state index is -0.416. The number of nitrogens with zero attached hydrogens (tertiary/aromatic N) is 2. The van der Waals surface area contributed by atoms with Gasteiger partial charge in [-0.15, -0.1) is 0 Å². The minimum Gasteiger partial charge on any atom is -0.444 e. The van der Waals surface area contributed by atoms with Crippen LogP contribution in [-0.4, -0.2) is 22.7 Å². The number of carbonyl (C=O) groups is 2. The summed E-state index contributed by atoms with van der Waals surface area (Å²) in [4.78, 5) is 25.0. The number of amides is 2. The lowest BCUT2D eigenvalue weighted by Gasteiger charge is -2.06. The van der Waals surface area contributed by atoms with Gasteiger partial charge in [0.05, 0.1) is 5.71 Å². The topological polar surface area (TPSA) is 110 Å². The number of aryl methyl sites for hydroxylation is 1. The summed E-state index contributed by atoms with van der Waals surface area (Å²) in [5.74, 6) is -0.168. The zero-order chi connectivity index (χ0) is 23.4. The molecule has 0 aliphatic heterocycles. The zero-order valence-electron chi connectivity index (χ0n) is 17.8. The molecular weight excluding hydrogens is 488 g/mol. The van der Waals surface area contributed by atoms with E-state index in [0.29, 0.717) is 33.1 Å². The number of furan rings is 1. The molecule has 0 fully saturated rings. The van der Waals surface area contributed by atoms with Crippen LogP contribution in [0.5, 0.6) is 0 Å². The average Bonchev–Trinajstić information content (AvgIpc) is 3.44. The van der Waals surface area contributed by atoms with Crippen molar-refractivity contribution in [3.63, 3.8) is 0 Å². The molecular formula is C24H19BrN4O4. The van der Waals surface area contributed by atoms with Crippen molar-refractivity contribution in [2.45, 2.75) is 13.8 Å². The summed E-state index contributed by atoms with van der Waals surface area (Å²) in [5, 5.41) is 11.0. The van der Waals surface area contributed by atoms with Crippen LogP contribution in [0.25, 0.3) is 11.3 Å². The van der Waals surface area contributed by atoms with Gasteiger partial charge in [0.15, 0.2) is 10.4 Å². The van der Waals surface area contributed by atoms with Crippen molar-refractivity contribution >= 4 is 39.1 Å². The third-order valence-electron chi connectivity index (χ3n) is 4.82. The first-order valence-electron chi connectivity index (χ1n) is 9.96. The summed E-state index contributed by atoms with van der Waals surface area (Å²) in [7, 11) is 0. The van der Waals surface area contributed by atoms with E-state index >= 15 is 0 Å². The Morgan fingerprint density at radius 2 is 1.70 bits per heavy atom. The second-order valence-electron chi connectivity index (χ2n) is 7.10. The molecule has 33 heavy (non-hydrogen) atoms. The normalized spacial score (nSPS) is 11.3. The van der Waals surface area contributed by atoms with Crippen molar-refractivity contribution in [2.24, 2.45) is 5.10 Å². The average molecular weight is 507 g/mol. The molecule has 2 aromatic carbocycles. The van der Waals surface area contributed by atoms with Crippen molar-refractivity contribution in [3.8, 4) is 11.3 Å². The van der Waals surface area contributed by atoms with E-state index in [9.17, 15) is 9.59 Å². The molecule has 2 aromatic heterocycles. The van der Waals surface area contributed by atoms with Gasteiger partial charge in [0.1, 0.15) is 17.0 Å². The number of halogens is 1. The number of hydrogen-bond donors (Lipinski definition) is 2. The number of carbonyl (C=O) groups excluding carboxylic acids is 2. The molecule has 0 saturated carbocycles. The number of benzene rings is 2. The molecule has 2 amide bonds. The summed E-state index contributed by atoms with van der Waals surface area (Å²) in [6.45, 7) is 3.45. The molecule has 0 spiro atoms. The van der Waals surface area contributed by atoms with Crippen molar-refractivity contribution < 1.29 is 18.5 Å². The van der Waals surface area contributed by atoms with Gasteiger partial charge >= 0.3 is 0 Å². The maximum Gasteiger partial charge on any atom is 0.291 e. The molecule has 9 heteroatoms. The Balaban J connectivity index is 1.44. The fourth-order valence-corrected chi connectivity index (χ4v) is 3.42. The van der Waals surface area contributed by atoms with Crippen LogP contribution >= 0.6 is 15.9 Å². The van der Waals surface area contributed by atoms with Gasteiger partial charge in [-0.3, -0.25) is 9.59 Å². The lowest BCUT2D eigenvalue weighted by Crippen LogP contribution is -2.20. The molecule has 0 bridgehead atoms. The Morgan fingerprint density at radius 1 is 0.970 bits per heavy atom. The summed E-state index contributed by atoms with van der Waals surface area (Å²) >= 11 is 3.17. The summed E-state index contributed by atoms with van der Waals surface area (Å²) in [6, 6.07) is 19.6. The van der Waals surface area contributed by atoms with Crippen LogP contribution in [0.1, 0.15) is 39.2 Å². The van der Waals surface area contributed by atoms with E-state index in [1.807, 2.05) is 30.3 Å². The van der Waals surface area contributed by atoms with Gasteiger partial charge in [0.25, 0.3) is 11.8 Å². The number of rotatable bonds is 6. The van der Waals surface area contributed by atoms with Gasteiger partial charge in [-0.2, -0.15) is 5.10 Å². The third kappa shape index (κ3) is 5.09. The molecule has 0 radical (unpaired) electrons. The minimum absolute atomic E-state index is 0.199. The van der Waals surface area contributed by atoms with Gasteiger partial charge in [-0.1, -0.05) is 47.6 Å². The van der Waals surface area contributed by atoms with E-state index in [0.717, 1.165) is 11.1 Å². The lowest BCUT2D eigenvalue weighted by atomic mass is 10.1. The van der Waals surface area contributed by atoms with Gasteiger partial charge in [0, 0.05) is 11.3 Å². The number of hydrogen-bond acceptors (Lipinski definition) is 6. The maximum atomic E-state index is 12.8. The zero-order valence-corrected chi connectivity index (χ0v) is 19.3. The Labute approximate surface area is 197 Å². The molecule has 0 atom stereocenters. The quantitative estimate of drug-likeness (QED) is 0.268. The Kier molecular flexibility index (Phi) is 6.50. The number of aromatic nitrogens is 1. The number of anilines is 1. The summed E-state index contributed by atoms with van der Waals surface area (Å²) in [6.07, 6.45) is 0. The van der Waals surface area contributed by atoms with E-state index < -0.39 is 5.91 Å². The number of hydrazone groups is 1. The van der Waals surface area contributed by atoms with Crippen molar-refractivity contribution in [1.82, 2.24) is 10.6 Å². The van der Waals surface area contributed by atoms with E-state index in [-0.39, 0.29) is 11.7 Å². The largest absolute Gasteiger partial charge is 0.444 e. The van der Waals surface area contributed by atoms with Gasteiger partial charge in [-0.05, 0) is 59.6 Å². The maximum absolute atomic E-state index is 12.8. The lowest BCUT2D eigenvalue weighted by molar-refractivity contribution is 0.0952. The highest BCUT2D eigenvalue weighted by Crippen LogP contribution is 2.25. The molecule has 2 heterocycles. The van der Waals surface area contributed by atoms with Gasteiger partial charge in [-0.25, -0.2) is 5.43 Å². The van der Waals surface area contributed by atoms with E-state index in [1.54, 1.807) is 50.2 Å². The monoisotopic (exact) mass is 506 g/mol. The SMILES string of the molecule is C/C(=N\NC(=O)c1c(-c2ccccc2)noc1C)c1ccc(NC(=O)c2ccc(Br)o2)cc1. The van der Waals surface area contributed by atoms with Crippen LogP contribution in [0.3, 0.4) is 0 Å². The molecule has 4 aromatic rings. The third-order valence-corrected chi connectivity index (χ3v) is 5.25. The van der Waals surface area contributed by atoms with E-state index in [1.165, 1.54) is 0 Å². The Hall–Kier alpha value is -3.98. The fraction of sp³-hybridized carbons (Fsp3) is 0.0833. The van der Waals surface area contributed by atoms with Crippen molar-refractivity contribution in [1.29, 1.82) is 0 Å². The molecule has 4 rings (SSSR count). The van der Waals surface area contributed by atoms with E-state index in [4.69, 9.17) is 8.94 Å². The van der Waals surface area contributed by atoms with Crippen molar-refractivity contribution in [3.05, 3.63) is 94.0 Å². The van der Waals surface area contributed by atoms with Crippen molar-refractivity contribution in [2.75, 3.05) is 5.32 Å². The second kappa shape index (κ2) is 9.66. The molecule has 0 aliphatic carbocycles. The molecule has 2 N–H and O–H groups in total. The highest BCUT2D eigenvalue weighted by atomic mass is 79.9. The first kappa shape index (κ1) is 22.2. The predicted octanol–water partition coefficient (Wildman–Crippen LogP) is 5.41. The predicted molar refractivity (Wildman–Crippen MR) is 127 cm³/mol. The van der Waals surface area contributed by atoms with Crippen LogP contribution < -0.4 is 10.7 Å². The van der Waals surface area contributed by atoms with Crippen LogP contribution in [-0.2, 0) is 0 Å². The standard InChI is InChI=1S/C24H19BrN4O4/c1-14(16-8-10-18(11-9-16)26-23(30)19-12-13-20(25)32-19)27-28-24(31)21-15(2)33-29-22(21)17-6-4-3-5-7-17/h3-13H,1-2H3,(H,26,30)(H,28,31)/b27-14+. The van der Waals surface area contributed by atoms with E-state index in [2.05, 4.69) is 36.9 Å². The second-order valence-corrected chi connectivity index (χ2v) is 7.88. The first-order chi connectivity index (χ1) is 15.9. The smallest absolute Gasteiger partial charge is 0.291 e. The molecule has 0 saturated heterocycles. The summed E-state index contributed by atoms with van der Waals surface area (Å²) in [5.41, 5.74) is 6.10. The van der Waals surface area contributed by atoms with Crippen LogP contribution in [0, 0.1) is 6.92 Å². The van der Waals surface area contributed by atoms with Crippen LogP contribution in [0.15, 0.2) is 85.4 Å². The van der Waals surface area contributed by atoms with Crippen LogP contribution in [0.2, 0.25) is 0 Å². The molecule has 166 valence electrons. The van der Waals surface area contributed by atoms with Gasteiger partial charge in [0.2, 0.25) is 0 Å². The van der Waals surface area contributed by atoms with Gasteiger partial charge < -0.3 is 14.3 Å². The fourth-order valence-electron chi connectivity index (χ4n) is 3.11. The molecule has 0 unspecified atom stereocenters. The Bertz CT molecular complexity index is 1320. The Morgan fingerprint density at radius 3 is 2.36 bits per heavy atom.